The van der Waals surface area contributed by atoms with Crippen molar-refractivity contribution in [3.63, 3.8) is 0 Å². The van der Waals surface area contributed by atoms with Gasteiger partial charge < -0.3 is 10.2 Å². The molecule has 0 aromatic heterocycles. The van der Waals surface area contributed by atoms with Crippen LogP contribution >= 0.6 is 23.2 Å². The van der Waals surface area contributed by atoms with Crippen LogP contribution in [0.5, 0.6) is 0 Å². The second kappa shape index (κ2) is 10.3. The molecule has 1 unspecified atom stereocenters. The lowest BCUT2D eigenvalue weighted by atomic mass is 10.1. The standard InChI is InChI=1S/C21H24Cl2N2O2/c1-3-24-21(27)15(2)25(13-12-16-8-5-4-6-9-16)20(26)14-17-18(22)10-7-11-19(17)23/h4-11,15H,3,12-14H2,1-2H3,(H,24,27). The summed E-state index contributed by atoms with van der Waals surface area (Å²) in [5.74, 6) is -0.358. The molecule has 2 aromatic carbocycles. The number of carbonyl (C=O) groups is 2. The molecule has 0 aliphatic heterocycles. The quantitative estimate of drug-likeness (QED) is 0.716. The fraction of sp³-hybridized carbons (Fsp3) is 0.333. The Morgan fingerprint density at radius 3 is 2.26 bits per heavy atom. The van der Waals surface area contributed by atoms with E-state index in [4.69, 9.17) is 23.2 Å². The van der Waals surface area contributed by atoms with Crippen LogP contribution in [0.4, 0.5) is 0 Å². The highest BCUT2D eigenvalue weighted by atomic mass is 35.5. The SMILES string of the molecule is CCNC(=O)C(C)N(CCc1ccccc1)C(=O)Cc1c(Cl)cccc1Cl. The van der Waals surface area contributed by atoms with Crippen LogP contribution in [0.2, 0.25) is 10.0 Å². The van der Waals surface area contributed by atoms with Crippen molar-refractivity contribution in [2.75, 3.05) is 13.1 Å². The second-order valence-electron chi connectivity index (χ2n) is 6.27. The van der Waals surface area contributed by atoms with Gasteiger partial charge in [-0.2, -0.15) is 0 Å². The Bertz CT molecular complexity index is 761. The maximum absolute atomic E-state index is 13.0. The molecule has 27 heavy (non-hydrogen) atoms. The van der Waals surface area contributed by atoms with Gasteiger partial charge in [0.05, 0.1) is 6.42 Å². The molecule has 0 saturated heterocycles. The monoisotopic (exact) mass is 406 g/mol. The van der Waals surface area contributed by atoms with Gasteiger partial charge in [0, 0.05) is 23.1 Å². The van der Waals surface area contributed by atoms with Crippen molar-refractivity contribution in [1.82, 2.24) is 10.2 Å². The molecule has 4 nitrogen and oxygen atoms in total. The maximum Gasteiger partial charge on any atom is 0.242 e. The molecule has 1 atom stereocenters. The topological polar surface area (TPSA) is 49.4 Å². The van der Waals surface area contributed by atoms with Crippen LogP contribution < -0.4 is 5.32 Å². The molecule has 2 rings (SSSR count). The van der Waals surface area contributed by atoms with E-state index in [1.165, 1.54) is 0 Å². The fourth-order valence-corrected chi connectivity index (χ4v) is 3.38. The van der Waals surface area contributed by atoms with Crippen molar-refractivity contribution in [3.05, 3.63) is 69.7 Å². The molecular formula is C21H24Cl2N2O2. The summed E-state index contributed by atoms with van der Waals surface area (Å²) in [6, 6.07) is 14.4. The van der Waals surface area contributed by atoms with Gasteiger partial charge in [0.1, 0.15) is 6.04 Å². The first-order valence-corrected chi connectivity index (χ1v) is 9.73. The van der Waals surface area contributed by atoms with E-state index in [1.54, 1.807) is 30.0 Å². The molecule has 0 spiro atoms. The summed E-state index contributed by atoms with van der Waals surface area (Å²) < 4.78 is 0. The zero-order chi connectivity index (χ0) is 19.8. The van der Waals surface area contributed by atoms with Crippen molar-refractivity contribution in [1.29, 1.82) is 0 Å². The molecule has 0 aliphatic rings. The van der Waals surface area contributed by atoms with Gasteiger partial charge in [0.15, 0.2) is 0 Å². The molecule has 144 valence electrons. The third-order valence-corrected chi connectivity index (χ3v) is 5.10. The van der Waals surface area contributed by atoms with Crippen LogP contribution in [0, 0.1) is 0 Å². The number of nitrogens with zero attached hydrogens (tertiary/aromatic N) is 1. The Morgan fingerprint density at radius 1 is 1.04 bits per heavy atom. The van der Waals surface area contributed by atoms with Crippen molar-refractivity contribution >= 4 is 35.0 Å². The van der Waals surface area contributed by atoms with E-state index in [-0.39, 0.29) is 18.2 Å². The largest absolute Gasteiger partial charge is 0.355 e. The summed E-state index contributed by atoms with van der Waals surface area (Å²) in [4.78, 5) is 26.9. The number of likely N-dealkylation sites (N-methyl/N-ethyl adjacent to an activating group) is 1. The van der Waals surface area contributed by atoms with Crippen LogP contribution in [-0.4, -0.2) is 35.8 Å². The molecule has 1 N–H and O–H groups in total. The Morgan fingerprint density at radius 2 is 1.67 bits per heavy atom. The van der Waals surface area contributed by atoms with E-state index in [2.05, 4.69) is 5.32 Å². The Balaban J connectivity index is 2.19. The third kappa shape index (κ3) is 5.98. The molecule has 6 heteroatoms. The van der Waals surface area contributed by atoms with Crippen molar-refractivity contribution in [2.24, 2.45) is 0 Å². The molecular weight excluding hydrogens is 383 g/mol. The lowest BCUT2D eigenvalue weighted by Gasteiger charge is -2.29. The molecule has 0 fully saturated rings. The predicted molar refractivity (Wildman–Crippen MR) is 110 cm³/mol. The smallest absolute Gasteiger partial charge is 0.242 e. The van der Waals surface area contributed by atoms with Gasteiger partial charge in [0.2, 0.25) is 11.8 Å². The summed E-state index contributed by atoms with van der Waals surface area (Å²) in [7, 11) is 0. The summed E-state index contributed by atoms with van der Waals surface area (Å²) >= 11 is 12.4. The Kier molecular flexibility index (Phi) is 8.14. The number of halogens is 2. The lowest BCUT2D eigenvalue weighted by molar-refractivity contribution is -0.139. The zero-order valence-corrected chi connectivity index (χ0v) is 17.1. The van der Waals surface area contributed by atoms with Gasteiger partial charge in [-0.15, -0.1) is 0 Å². The average molecular weight is 407 g/mol. The van der Waals surface area contributed by atoms with E-state index in [1.807, 2.05) is 37.3 Å². The van der Waals surface area contributed by atoms with Gasteiger partial charge in [-0.1, -0.05) is 59.6 Å². The van der Waals surface area contributed by atoms with Gasteiger partial charge >= 0.3 is 0 Å². The summed E-state index contributed by atoms with van der Waals surface area (Å²) in [6.07, 6.45) is 0.712. The van der Waals surface area contributed by atoms with E-state index in [0.717, 1.165) is 5.56 Å². The number of amides is 2. The minimum atomic E-state index is -0.581. The average Bonchev–Trinajstić information content (AvgIpc) is 2.66. The van der Waals surface area contributed by atoms with Crippen molar-refractivity contribution in [2.45, 2.75) is 32.7 Å². The van der Waals surface area contributed by atoms with Crippen LogP contribution in [0.1, 0.15) is 25.0 Å². The van der Waals surface area contributed by atoms with Crippen LogP contribution in [0.25, 0.3) is 0 Å². The first kappa shape index (κ1) is 21.3. The van der Waals surface area contributed by atoms with Crippen molar-refractivity contribution < 1.29 is 9.59 Å². The molecule has 2 amide bonds. The van der Waals surface area contributed by atoms with E-state index >= 15 is 0 Å². The van der Waals surface area contributed by atoms with Crippen molar-refractivity contribution in [3.8, 4) is 0 Å². The predicted octanol–water partition coefficient (Wildman–Crippen LogP) is 4.13. The van der Waals surface area contributed by atoms with Gasteiger partial charge in [-0.25, -0.2) is 0 Å². The molecule has 0 bridgehead atoms. The Labute approximate surface area is 170 Å². The highest BCUT2D eigenvalue weighted by Crippen LogP contribution is 2.25. The summed E-state index contributed by atoms with van der Waals surface area (Å²) in [5, 5.41) is 3.68. The summed E-state index contributed by atoms with van der Waals surface area (Å²) in [6.45, 7) is 4.54. The van der Waals surface area contributed by atoms with E-state index < -0.39 is 6.04 Å². The van der Waals surface area contributed by atoms with Gasteiger partial charge in [-0.3, -0.25) is 9.59 Å². The highest BCUT2D eigenvalue weighted by molar-refractivity contribution is 6.36. The second-order valence-corrected chi connectivity index (χ2v) is 7.08. The molecule has 2 aromatic rings. The first-order chi connectivity index (χ1) is 12.9. The highest BCUT2D eigenvalue weighted by Gasteiger charge is 2.26. The summed E-state index contributed by atoms with van der Waals surface area (Å²) in [5.41, 5.74) is 1.69. The number of nitrogens with one attached hydrogen (secondary N) is 1. The molecule has 0 aliphatic carbocycles. The first-order valence-electron chi connectivity index (χ1n) is 8.98. The van der Waals surface area contributed by atoms with Crippen LogP contribution in [0.3, 0.4) is 0 Å². The molecule has 0 radical (unpaired) electrons. The Hall–Kier alpha value is -2.04. The minimum Gasteiger partial charge on any atom is -0.355 e. The number of carbonyl (C=O) groups excluding carboxylic acids is 2. The van der Waals surface area contributed by atoms with Gasteiger partial charge in [0.25, 0.3) is 0 Å². The van der Waals surface area contributed by atoms with Crippen LogP contribution in [0.15, 0.2) is 48.5 Å². The lowest BCUT2D eigenvalue weighted by Crippen LogP contribution is -2.49. The fourth-order valence-electron chi connectivity index (χ4n) is 2.85. The minimum absolute atomic E-state index is 0.0526. The number of hydrogen-bond donors (Lipinski definition) is 1. The third-order valence-electron chi connectivity index (χ3n) is 4.39. The normalized spacial score (nSPS) is 11.7. The zero-order valence-electron chi connectivity index (χ0n) is 15.5. The van der Waals surface area contributed by atoms with Crippen LogP contribution in [-0.2, 0) is 22.4 Å². The maximum atomic E-state index is 13.0. The van der Waals surface area contributed by atoms with Gasteiger partial charge in [-0.05, 0) is 43.5 Å². The number of rotatable bonds is 8. The number of benzene rings is 2. The van der Waals surface area contributed by atoms with E-state index in [0.29, 0.717) is 35.1 Å². The van der Waals surface area contributed by atoms with E-state index in [9.17, 15) is 9.59 Å². The molecule has 0 heterocycles. The number of hydrogen-bond acceptors (Lipinski definition) is 2. The molecule has 0 saturated carbocycles.